The molecule has 0 aliphatic rings. The van der Waals surface area contributed by atoms with Gasteiger partial charge in [-0.15, -0.1) is 0 Å². The second-order valence-electron chi connectivity index (χ2n) is 4.46. The molecule has 0 saturated heterocycles. The molecule has 1 aromatic carbocycles. The third-order valence-corrected chi connectivity index (χ3v) is 3.75. The van der Waals surface area contributed by atoms with Crippen molar-refractivity contribution in [1.82, 2.24) is 0 Å². The third kappa shape index (κ3) is 5.51. The highest BCUT2D eigenvalue weighted by atomic mass is 79.9. The van der Waals surface area contributed by atoms with E-state index in [9.17, 15) is 4.79 Å². The summed E-state index contributed by atoms with van der Waals surface area (Å²) in [7, 11) is 0. The fourth-order valence-electron chi connectivity index (χ4n) is 1.70. The summed E-state index contributed by atoms with van der Waals surface area (Å²) in [6.07, 6.45) is 2.95. The second-order valence-corrected chi connectivity index (χ2v) is 5.32. The van der Waals surface area contributed by atoms with E-state index >= 15 is 0 Å². The first-order valence-corrected chi connectivity index (χ1v) is 7.23. The maximum atomic E-state index is 10.6. The third-order valence-electron chi connectivity index (χ3n) is 2.89. The van der Waals surface area contributed by atoms with Crippen molar-refractivity contribution in [3.8, 4) is 0 Å². The number of benzene rings is 1. The molecule has 0 atom stereocenters. The molecule has 106 valence electrons. The van der Waals surface area contributed by atoms with E-state index in [1.807, 2.05) is 19.1 Å². The van der Waals surface area contributed by atoms with Gasteiger partial charge in [-0.05, 0) is 43.9 Å². The zero-order chi connectivity index (χ0) is 14.3. The van der Waals surface area contributed by atoms with Crippen LogP contribution in [0.2, 0.25) is 0 Å². The average Bonchev–Trinajstić information content (AvgIpc) is 2.37. The van der Waals surface area contributed by atoms with Crippen molar-refractivity contribution >= 4 is 33.3 Å². The predicted molar refractivity (Wildman–Crippen MR) is 82.3 cm³/mol. The summed E-state index contributed by atoms with van der Waals surface area (Å²) in [5.41, 5.74) is 8.84. The highest BCUT2D eigenvalue weighted by Crippen LogP contribution is 2.28. The number of hydrogen-bond acceptors (Lipinski definition) is 4. The summed E-state index contributed by atoms with van der Waals surface area (Å²) in [5.74, 6) is -0.212. The normalized spacial score (nSPS) is 10.3. The first kappa shape index (κ1) is 15.8. The number of nitrogens with two attached hydrogens (primary N) is 1. The number of nitrogen functional groups attached to an aromatic ring is 1. The van der Waals surface area contributed by atoms with E-state index in [-0.39, 0.29) is 5.97 Å². The van der Waals surface area contributed by atoms with Gasteiger partial charge in [-0.2, -0.15) is 0 Å². The lowest BCUT2D eigenvalue weighted by molar-refractivity contribution is -0.141. The lowest BCUT2D eigenvalue weighted by Gasteiger charge is -2.12. The van der Waals surface area contributed by atoms with Gasteiger partial charge in [0.2, 0.25) is 0 Å². The number of hydrogen-bond donors (Lipinski definition) is 2. The number of rotatable bonds is 7. The second kappa shape index (κ2) is 8.04. The molecule has 0 amide bonds. The summed E-state index contributed by atoms with van der Waals surface area (Å²) in [4.78, 5) is 10.6. The predicted octanol–water partition coefficient (Wildman–Crippen LogP) is 3.49. The van der Waals surface area contributed by atoms with Gasteiger partial charge in [0.25, 0.3) is 0 Å². The molecular formula is C14H21BrN2O2. The number of nitrogens with one attached hydrogen (secondary N) is 1. The van der Waals surface area contributed by atoms with Crippen LogP contribution in [0, 0.1) is 6.92 Å². The Labute approximate surface area is 122 Å². The minimum absolute atomic E-state index is 0.212. The van der Waals surface area contributed by atoms with Crippen molar-refractivity contribution in [3.05, 3.63) is 22.2 Å². The molecule has 1 rings (SSSR count). The zero-order valence-corrected chi connectivity index (χ0v) is 13.0. The molecule has 0 aliphatic heterocycles. The monoisotopic (exact) mass is 328 g/mol. The van der Waals surface area contributed by atoms with E-state index in [1.165, 1.54) is 6.92 Å². The molecule has 0 aliphatic carbocycles. The summed E-state index contributed by atoms with van der Waals surface area (Å²) < 4.78 is 5.90. The van der Waals surface area contributed by atoms with E-state index in [1.54, 1.807) is 0 Å². The Morgan fingerprint density at radius 2 is 2.11 bits per heavy atom. The van der Waals surface area contributed by atoms with Crippen LogP contribution in [0.4, 0.5) is 11.4 Å². The quantitative estimate of drug-likeness (QED) is 0.457. The van der Waals surface area contributed by atoms with E-state index < -0.39 is 0 Å². The number of anilines is 2. The van der Waals surface area contributed by atoms with E-state index in [2.05, 4.69) is 21.2 Å². The topological polar surface area (TPSA) is 64.3 Å². The largest absolute Gasteiger partial charge is 0.466 e. The standard InChI is InChI=1S/C14H21BrN2O2/c1-10-12(15)6-7-13(14(10)16)17-8-4-3-5-9-19-11(2)18/h6-7,17H,3-5,8-9,16H2,1-2H3. The minimum atomic E-state index is -0.212. The molecule has 0 spiro atoms. The number of esters is 1. The molecule has 0 heterocycles. The van der Waals surface area contributed by atoms with Gasteiger partial charge in [-0.1, -0.05) is 15.9 Å². The maximum Gasteiger partial charge on any atom is 0.302 e. The fraction of sp³-hybridized carbons (Fsp3) is 0.500. The van der Waals surface area contributed by atoms with Gasteiger partial charge in [0.1, 0.15) is 0 Å². The highest BCUT2D eigenvalue weighted by molar-refractivity contribution is 9.10. The first-order chi connectivity index (χ1) is 9.02. The van der Waals surface area contributed by atoms with Crippen molar-refractivity contribution in [2.24, 2.45) is 0 Å². The summed E-state index contributed by atoms with van der Waals surface area (Å²) in [6, 6.07) is 3.97. The summed E-state index contributed by atoms with van der Waals surface area (Å²) in [5, 5.41) is 3.33. The Bertz CT molecular complexity index is 436. The molecule has 1 aromatic rings. The van der Waals surface area contributed by atoms with Crippen LogP contribution in [0.3, 0.4) is 0 Å². The van der Waals surface area contributed by atoms with Crippen molar-refractivity contribution in [2.45, 2.75) is 33.1 Å². The number of unbranched alkanes of at least 4 members (excludes halogenated alkanes) is 2. The molecular weight excluding hydrogens is 308 g/mol. The smallest absolute Gasteiger partial charge is 0.302 e. The molecule has 0 saturated carbocycles. The highest BCUT2D eigenvalue weighted by Gasteiger charge is 2.04. The van der Waals surface area contributed by atoms with Gasteiger partial charge in [0.15, 0.2) is 0 Å². The molecule has 0 fully saturated rings. The average molecular weight is 329 g/mol. The van der Waals surface area contributed by atoms with Crippen molar-refractivity contribution in [2.75, 3.05) is 24.2 Å². The lowest BCUT2D eigenvalue weighted by atomic mass is 10.1. The van der Waals surface area contributed by atoms with Gasteiger partial charge in [0, 0.05) is 17.9 Å². The Hall–Kier alpha value is -1.23. The van der Waals surface area contributed by atoms with E-state index in [0.29, 0.717) is 6.61 Å². The zero-order valence-electron chi connectivity index (χ0n) is 11.5. The molecule has 0 bridgehead atoms. The van der Waals surface area contributed by atoms with Gasteiger partial charge in [-0.3, -0.25) is 4.79 Å². The Morgan fingerprint density at radius 3 is 2.79 bits per heavy atom. The SMILES string of the molecule is CC(=O)OCCCCCNc1ccc(Br)c(C)c1N. The molecule has 3 N–H and O–H groups in total. The Morgan fingerprint density at radius 1 is 1.37 bits per heavy atom. The van der Waals surface area contributed by atoms with Crippen LogP contribution in [-0.2, 0) is 9.53 Å². The fourth-order valence-corrected chi connectivity index (χ4v) is 2.04. The number of carbonyl (C=O) groups excluding carboxylic acids is 1. The minimum Gasteiger partial charge on any atom is -0.466 e. The first-order valence-electron chi connectivity index (χ1n) is 6.44. The number of carbonyl (C=O) groups is 1. The van der Waals surface area contributed by atoms with Crippen LogP contribution in [0.25, 0.3) is 0 Å². The van der Waals surface area contributed by atoms with Gasteiger partial charge in [-0.25, -0.2) is 0 Å². The van der Waals surface area contributed by atoms with Crippen LogP contribution < -0.4 is 11.1 Å². The van der Waals surface area contributed by atoms with Crippen molar-refractivity contribution < 1.29 is 9.53 Å². The van der Waals surface area contributed by atoms with Gasteiger partial charge < -0.3 is 15.8 Å². The molecule has 4 nitrogen and oxygen atoms in total. The maximum absolute atomic E-state index is 10.6. The van der Waals surface area contributed by atoms with Crippen molar-refractivity contribution in [3.63, 3.8) is 0 Å². The van der Waals surface area contributed by atoms with Crippen LogP contribution in [0.15, 0.2) is 16.6 Å². The van der Waals surface area contributed by atoms with Gasteiger partial charge in [0.05, 0.1) is 18.0 Å². The molecule has 0 unspecified atom stereocenters. The van der Waals surface area contributed by atoms with Crippen molar-refractivity contribution in [1.29, 1.82) is 0 Å². The van der Waals surface area contributed by atoms with E-state index in [4.69, 9.17) is 10.5 Å². The van der Waals surface area contributed by atoms with E-state index in [0.717, 1.165) is 47.2 Å². The van der Waals surface area contributed by atoms with Crippen LogP contribution >= 0.6 is 15.9 Å². The Kier molecular flexibility index (Phi) is 6.70. The molecule has 5 heteroatoms. The lowest BCUT2D eigenvalue weighted by Crippen LogP contribution is -2.06. The summed E-state index contributed by atoms with van der Waals surface area (Å²) in [6.45, 7) is 4.80. The molecule has 19 heavy (non-hydrogen) atoms. The number of halogens is 1. The van der Waals surface area contributed by atoms with Crippen LogP contribution in [0.5, 0.6) is 0 Å². The molecule has 0 radical (unpaired) electrons. The number of ether oxygens (including phenoxy) is 1. The van der Waals surface area contributed by atoms with Crippen LogP contribution in [0.1, 0.15) is 31.7 Å². The van der Waals surface area contributed by atoms with Gasteiger partial charge >= 0.3 is 5.97 Å². The summed E-state index contributed by atoms with van der Waals surface area (Å²) >= 11 is 3.45. The molecule has 0 aromatic heterocycles. The Balaban J connectivity index is 2.23. The van der Waals surface area contributed by atoms with Crippen LogP contribution in [-0.4, -0.2) is 19.1 Å².